The summed E-state index contributed by atoms with van der Waals surface area (Å²) in [5.41, 5.74) is 2.04. The van der Waals surface area contributed by atoms with Crippen molar-refractivity contribution in [2.75, 3.05) is 7.11 Å². The monoisotopic (exact) mass is 225 g/mol. The molecule has 0 saturated carbocycles. The van der Waals surface area contributed by atoms with E-state index in [0.717, 1.165) is 15.8 Å². The standard InChI is InChI=1S/C10H11NO3S/c1-5(12)6-4-15-8-3-7(10(13)14-2)11-9(6)8/h3-5,11-12H,1-2H3. The minimum Gasteiger partial charge on any atom is -0.464 e. The van der Waals surface area contributed by atoms with Crippen LogP contribution in [0.4, 0.5) is 0 Å². The third-order valence-corrected chi connectivity index (χ3v) is 3.19. The van der Waals surface area contributed by atoms with Crippen molar-refractivity contribution in [2.45, 2.75) is 13.0 Å². The summed E-state index contributed by atoms with van der Waals surface area (Å²) in [7, 11) is 1.34. The van der Waals surface area contributed by atoms with Crippen LogP contribution in [0.2, 0.25) is 0 Å². The maximum absolute atomic E-state index is 11.3. The molecule has 0 amide bonds. The second-order valence-corrected chi connectivity index (χ2v) is 4.19. The molecule has 2 heterocycles. The van der Waals surface area contributed by atoms with E-state index >= 15 is 0 Å². The number of H-pyrrole nitrogens is 1. The molecule has 80 valence electrons. The van der Waals surface area contributed by atoms with E-state index in [1.807, 2.05) is 5.38 Å². The number of aliphatic hydroxyl groups excluding tert-OH is 1. The molecule has 15 heavy (non-hydrogen) atoms. The fourth-order valence-electron chi connectivity index (χ4n) is 1.46. The molecule has 2 N–H and O–H groups in total. The summed E-state index contributed by atoms with van der Waals surface area (Å²) in [5, 5.41) is 11.4. The first-order chi connectivity index (χ1) is 7.13. The lowest BCUT2D eigenvalue weighted by Crippen LogP contribution is -2.01. The van der Waals surface area contributed by atoms with Gasteiger partial charge in [-0.3, -0.25) is 0 Å². The number of carbonyl (C=O) groups is 1. The van der Waals surface area contributed by atoms with Gasteiger partial charge in [0.05, 0.1) is 23.4 Å². The predicted molar refractivity (Wildman–Crippen MR) is 58.1 cm³/mol. The maximum atomic E-state index is 11.3. The number of carbonyl (C=O) groups excluding carboxylic acids is 1. The molecular formula is C10H11NO3S. The van der Waals surface area contributed by atoms with Gasteiger partial charge in [0.2, 0.25) is 0 Å². The van der Waals surface area contributed by atoms with E-state index in [9.17, 15) is 9.90 Å². The zero-order valence-electron chi connectivity index (χ0n) is 8.40. The molecule has 4 nitrogen and oxygen atoms in total. The van der Waals surface area contributed by atoms with Gasteiger partial charge in [0, 0.05) is 5.56 Å². The van der Waals surface area contributed by atoms with E-state index in [-0.39, 0.29) is 0 Å². The first-order valence-corrected chi connectivity index (χ1v) is 5.38. The van der Waals surface area contributed by atoms with Gasteiger partial charge >= 0.3 is 5.97 Å². The number of thiophene rings is 1. The summed E-state index contributed by atoms with van der Waals surface area (Å²) in [6.07, 6.45) is -0.539. The van der Waals surface area contributed by atoms with Gasteiger partial charge in [-0.1, -0.05) is 0 Å². The molecule has 2 aromatic rings. The van der Waals surface area contributed by atoms with Gasteiger partial charge in [-0.05, 0) is 18.4 Å². The molecule has 0 radical (unpaired) electrons. The van der Waals surface area contributed by atoms with Crippen LogP contribution in [0, 0.1) is 0 Å². The lowest BCUT2D eigenvalue weighted by atomic mass is 10.2. The Hall–Kier alpha value is -1.33. The van der Waals surface area contributed by atoms with Crippen LogP contribution in [0.25, 0.3) is 10.2 Å². The highest BCUT2D eigenvalue weighted by Crippen LogP contribution is 2.30. The van der Waals surface area contributed by atoms with Crippen molar-refractivity contribution in [1.82, 2.24) is 4.98 Å². The van der Waals surface area contributed by atoms with E-state index in [1.54, 1.807) is 13.0 Å². The third kappa shape index (κ3) is 1.64. The van der Waals surface area contributed by atoms with Gasteiger partial charge in [0.25, 0.3) is 0 Å². The van der Waals surface area contributed by atoms with Crippen LogP contribution in [0.5, 0.6) is 0 Å². The van der Waals surface area contributed by atoms with Crippen LogP contribution in [-0.4, -0.2) is 23.2 Å². The quantitative estimate of drug-likeness (QED) is 0.769. The number of methoxy groups -OCH3 is 1. The van der Waals surface area contributed by atoms with Gasteiger partial charge < -0.3 is 14.8 Å². The largest absolute Gasteiger partial charge is 0.464 e. The zero-order valence-corrected chi connectivity index (χ0v) is 9.22. The average molecular weight is 225 g/mol. The molecule has 5 heteroatoms. The van der Waals surface area contributed by atoms with E-state index in [4.69, 9.17) is 0 Å². The zero-order chi connectivity index (χ0) is 11.0. The Morgan fingerprint density at radius 3 is 3.00 bits per heavy atom. The Bertz CT molecular complexity index is 498. The van der Waals surface area contributed by atoms with Crippen molar-refractivity contribution in [3.05, 3.63) is 22.7 Å². The van der Waals surface area contributed by atoms with Crippen molar-refractivity contribution < 1.29 is 14.6 Å². The lowest BCUT2D eigenvalue weighted by molar-refractivity contribution is 0.0595. The second kappa shape index (κ2) is 3.67. The molecular weight excluding hydrogens is 214 g/mol. The molecule has 0 aliphatic rings. The highest BCUT2D eigenvalue weighted by Gasteiger charge is 2.15. The molecule has 2 aromatic heterocycles. The molecule has 0 fully saturated rings. The number of hydrogen-bond acceptors (Lipinski definition) is 4. The summed E-state index contributed by atoms with van der Waals surface area (Å²) in [6.45, 7) is 1.69. The highest BCUT2D eigenvalue weighted by atomic mass is 32.1. The Labute approximate surface area is 90.5 Å². The van der Waals surface area contributed by atoms with Crippen LogP contribution in [0.3, 0.4) is 0 Å². The highest BCUT2D eigenvalue weighted by molar-refractivity contribution is 7.17. The number of aromatic nitrogens is 1. The lowest BCUT2D eigenvalue weighted by Gasteiger charge is -1.99. The fraction of sp³-hybridized carbons (Fsp3) is 0.300. The molecule has 2 rings (SSSR count). The first-order valence-electron chi connectivity index (χ1n) is 4.50. The summed E-state index contributed by atoms with van der Waals surface area (Å²) in [4.78, 5) is 14.2. The second-order valence-electron chi connectivity index (χ2n) is 3.28. The molecule has 0 aliphatic heterocycles. The van der Waals surface area contributed by atoms with Gasteiger partial charge in [0.1, 0.15) is 5.69 Å². The van der Waals surface area contributed by atoms with Crippen LogP contribution in [0.1, 0.15) is 29.1 Å². The molecule has 0 spiro atoms. The SMILES string of the molecule is COC(=O)c1cc2scc(C(C)O)c2[nH]1. The van der Waals surface area contributed by atoms with Crippen molar-refractivity contribution in [3.63, 3.8) is 0 Å². The van der Waals surface area contributed by atoms with Crippen molar-refractivity contribution in [3.8, 4) is 0 Å². The number of nitrogens with one attached hydrogen (secondary N) is 1. The van der Waals surface area contributed by atoms with Crippen molar-refractivity contribution in [2.24, 2.45) is 0 Å². The van der Waals surface area contributed by atoms with Crippen molar-refractivity contribution >= 4 is 27.5 Å². The van der Waals surface area contributed by atoms with Gasteiger partial charge in [-0.15, -0.1) is 11.3 Å². The summed E-state index contributed by atoms with van der Waals surface area (Å²) in [5.74, 6) is -0.394. The summed E-state index contributed by atoms with van der Waals surface area (Å²) >= 11 is 1.49. The molecule has 1 unspecified atom stereocenters. The Balaban J connectivity index is 2.52. The summed E-state index contributed by atoms with van der Waals surface area (Å²) in [6, 6.07) is 1.73. The topological polar surface area (TPSA) is 62.3 Å². The van der Waals surface area contributed by atoms with Crippen LogP contribution >= 0.6 is 11.3 Å². The Kier molecular flexibility index (Phi) is 2.50. The van der Waals surface area contributed by atoms with E-state index < -0.39 is 12.1 Å². The Morgan fingerprint density at radius 2 is 2.40 bits per heavy atom. The van der Waals surface area contributed by atoms with Crippen LogP contribution in [0.15, 0.2) is 11.4 Å². The molecule has 0 aromatic carbocycles. The van der Waals surface area contributed by atoms with E-state index in [1.165, 1.54) is 18.4 Å². The van der Waals surface area contributed by atoms with Crippen molar-refractivity contribution in [1.29, 1.82) is 0 Å². The van der Waals surface area contributed by atoms with Crippen LogP contribution < -0.4 is 0 Å². The molecule has 0 aliphatic carbocycles. The smallest absolute Gasteiger partial charge is 0.354 e. The number of fused-ring (bicyclic) bond motifs is 1. The van der Waals surface area contributed by atoms with Gasteiger partial charge in [-0.2, -0.15) is 0 Å². The van der Waals surface area contributed by atoms with E-state index in [0.29, 0.717) is 5.69 Å². The predicted octanol–water partition coefficient (Wildman–Crippen LogP) is 2.07. The number of esters is 1. The normalized spacial score (nSPS) is 13.0. The van der Waals surface area contributed by atoms with E-state index in [2.05, 4.69) is 9.72 Å². The number of ether oxygens (including phenoxy) is 1. The minimum absolute atomic E-state index is 0.394. The number of aromatic amines is 1. The van der Waals surface area contributed by atoms with Gasteiger partial charge in [0.15, 0.2) is 0 Å². The fourth-order valence-corrected chi connectivity index (χ4v) is 2.50. The number of aliphatic hydroxyl groups is 1. The molecule has 0 saturated heterocycles. The van der Waals surface area contributed by atoms with Gasteiger partial charge in [-0.25, -0.2) is 4.79 Å². The number of hydrogen-bond donors (Lipinski definition) is 2. The third-order valence-electron chi connectivity index (χ3n) is 2.24. The minimum atomic E-state index is -0.539. The Morgan fingerprint density at radius 1 is 1.67 bits per heavy atom. The maximum Gasteiger partial charge on any atom is 0.354 e. The molecule has 0 bridgehead atoms. The first kappa shape index (κ1) is 10.2. The number of rotatable bonds is 2. The average Bonchev–Trinajstić information content (AvgIpc) is 2.73. The van der Waals surface area contributed by atoms with Crippen LogP contribution in [-0.2, 0) is 4.74 Å². The molecule has 1 atom stereocenters. The summed E-state index contributed by atoms with van der Waals surface area (Å²) < 4.78 is 5.56.